The predicted octanol–water partition coefficient (Wildman–Crippen LogP) is 5.20. The van der Waals surface area contributed by atoms with Crippen molar-refractivity contribution in [3.8, 4) is 5.75 Å². The molecule has 0 radical (unpaired) electrons. The highest BCUT2D eigenvalue weighted by Gasteiger charge is 2.47. The monoisotopic (exact) mass is 485 g/mol. The van der Waals surface area contributed by atoms with Crippen LogP contribution in [0, 0.1) is 6.92 Å². The Kier molecular flexibility index (Phi) is 7.20. The molecule has 1 aliphatic rings. The lowest BCUT2D eigenvalue weighted by atomic mass is 9.94. The van der Waals surface area contributed by atoms with Crippen LogP contribution in [0.3, 0.4) is 0 Å². The number of anilines is 1. The minimum Gasteiger partial charge on any atom is -0.507 e. The number of carbonyl (C=O) groups is 3. The third-order valence-electron chi connectivity index (χ3n) is 6.04. The zero-order valence-corrected chi connectivity index (χ0v) is 20.4. The Morgan fingerprint density at radius 1 is 0.972 bits per heavy atom. The van der Waals surface area contributed by atoms with Crippen LogP contribution in [-0.2, 0) is 14.3 Å². The van der Waals surface area contributed by atoms with Gasteiger partial charge in [0.15, 0.2) is 0 Å². The Labute approximate surface area is 209 Å². The SMILES string of the molecule is CCCOc1ccc(/C(O)=C2/C(=O)C(=O)N(c3ccc(C(=O)OC)cc3)C2c2ccccc2)cc1C. The van der Waals surface area contributed by atoms with Gasteiger partial charge in [-0.2, -0.15) is 0 Å². The standard InChI is InChI=1S/C29H27NO6/c1-4-16-36-23-15-12-21(17-18(23)2)26(31)24-25(19-8-6-5-7-9-19)30(28(33)27(24)32)22-13-10-20(11-14-22)29(34)35-3/h5-15,17,25,31H,4,16H2,1-3H3/b26-24-. The Hall–Kier alpha value is -4.39. The number of rotatable bonds is 7. The molecule has 1 saturated heterocycles. The molecule has 1 fully saturated rings. The zero-order valence-electron chi connectivity index (χ0n) is 20.4. The summed E-state index contributed by atoms with van der Waals surface area (Å²) >= 11 is 0. The zero-order chi connectivity index (χ0) is 25.8. The second kappa shape index (κ2) is 10.5. The molecule has 7 heteroatoms. The van der Waals surface area contributed by atoms with Crippen LogP contribution in [0.15, 0.2) is 78.4 Å². The van der Waals surface area contributed by atoms with Crippen molar-refractivity contribution in [3.05, 3.63) is 101 Å². The number of amides is 1. The minimum atomic E-state index is -0.855. The topological polar surface area (TPSA) is 93.1 Å². The van der Waals surface area contributed by atoms with E-state index in [1.165, 1.54) is 24.1 Å². The summed E-state index contributed by atoms with van der Waals surface area (Å²) in [5.74, 6) is -1.64. The number of ketones is 1. The smallest absolute Gasteiger partial charge is 0.337 e. The van der Waals surface area contributed by atoms with Gasteiger partial charge in [-0.3, -0.25) is 14.5 Å². The second-order valence-electron chi connectivity index (χ2n) is 8.45. The van der Waals surface area contributed by atoms with E-state index in [1.807, 2.05) is 19.9 Å². The van der Waals surface area contributed by atoms with E-state index in [0.29, 0.717) is 34.7 Å². The summed E-state index contributed by atoms with van der Waals surface area (Å²) in [5.41, 5.74) is 2.60. The summed E-state index contributed by atoms with van der Waals surface area (Å²) < 4.78 is 10.5. The van der Waals surface area contributed by atoms with Gasteiger partial charge in [0.25, 0.3) is 11.7 Å². The lowest BCUT2D eigenvalue weighted by molar-refractivity contribution is -0.132. The maximum atomic E-state index is 13.3. The molecule has 0 aliphatic carbocycles. The van der Waals surface area contributed by atoms with Crippen molar-refractivity contribution in [2.75, 3.05) is 18.6 Å². The summed E-state index contributed by atoms with van der Waals surface area (Å²) in [6.07, 6.45) is 0.863. The Balaban J connectivity index is 1.83. The van der Waals surface area contributed by atoms with Crippen molar-refractivity contribution in [3.63, 3.8) is 0 Å². The van der Waals surface area contributed by atoms with Crippen molar-refractivity contribution < 1.29 is 29.0 Å². The van der Waals surface area contributed by atoms with Gasteiger partial charge in [0.05, 0.1) is 30.9 Å². The molecule has 3 aromatic carbocycles. The lowest BCUT2D eigenvalue weighted by Crippen LogP contribution is -2.29. The maximum absolute atomic E-state index is 13.3. The Bertz CT molecular complexity index is 1330. The third-order valence-corrected chi connectivity index (χ3v) is 6.04. The number of hydrogen-bond donors (Lipinski definition) is 1. The molecule has 184 valence electrons. The fourth-order valence-electron chi connectivity index (χ4n) is 4.25. The molecule has 36 heavy (non-hydrogen) atoms. The van der Waals surface area contributed by atoms with Gasteiger partial charge in [-0.25, -0.2) is 4.79 Å². The van der Waals surface area contributed by atoms with E-state index in [-0.39, 0.29) is 11.3 Å². The molecule has 1 amide bonds. The minimum absolute atomic E-state index is 0.00938. The van der Waals surface area contributed by atoms with Gasteiger partial charge >= 0.3 is 5.97 Å². The number of aryl methyl sites for hydroxylation is 1. The van der Waals surface area contributed by atoms with Crippen molar-refractivity contribution >= 4 is 29.1 Å². The highest BCUT2D eigenvalue weighted by Crippen LogP contribution is 2.42. The molecule has 7 nitrogen and oxygen atoms in total. The molecule has 3 aromatic rings. The van der Waals surface area contributed by atoms with Gasteiger partial charge in [-0.1, -0.05) is 37.3 Å². The van der Waals surface area contributed by atoms with Crippen molar-refractivity contribution in [1.82, 2.24) is 0 Å². The number of esters is 1. The largest absolute Gasteiger partial charge is 0.507 e. The number of Topliss-reactive ketones (excluding diaryl/α,β-unsaturated/α-hetero) is 1. The number of methoxy groups -OCH3 is 1. The average molecular weight is 486 g/mol. The molecule has 1 unspecified atom stereocenters. The van der Waals surface area contributed by atoms with Crippen LogP contribution < -0.4 is 9.64 Å². The molecule has 1 atom stereocenters. The van der Waals surface area contributed by atoms with Crippen LogP contribution in [-0.4, -0.2) is 36.5 Å². The molecule has 1 heterocycles. The third kappa shape index (κ3) is 4.60. The van der Waals surface area contributed by atoms with Crippen LogP contribution in [0.5, 0.6) is 5.75 Å². The summed E-state index contributed by atoms with van der Waals surface area (Å²) in [7, 11) is 1.29. The van der Waals surface area contributed by atoms with E-state index in [9.17, 15) is 19.5 Å². The lowest BCUT2D eigenvalue weighted by Gasteiger charge is -2.25. The number of aliphatic hydroxyl groups is 1. The maximum Gasteiger partial charge on any atom is 0.337 e. The molecule has 4 rings (SSSR count). The number of carbonyl (C=O) groups excluding carboxylic acids is 3. The summed E-state index contributed by atoms with van der Waals surface area (Å²) in [5, 5.41) is 11.3. The van der Waals surface area contributed by atoms with E-state index in [4.69, 9.17) is 9.47 Å². The van der Waals surface area contributed by atoms with Gasteiger partial charge in [0, 0.05) is 11.3 Å². The first-order chi connectivity index (χ1) is 17.4. The fourth-order valence-corrected chi connectivity index (χ4v) is 4.25. The number of nitrogens with zero attached hydrogens (tertiary/aromatic N) is 1. The first kappa shape index (κ1) is 24.7. The molecule has 0 spiro atoms. The van der Waals surface area contributed by atoms with Crippen LogP contribution in [0.1, 0.15) is 46.4 Å². The van der Waals surface area contributed by atoms with Crippen molar-refractivity contribution in [2.24, 2.45) is 0 Å². The van der Waals surface area contributed by atoms with E-state index in [2.05, 4.69) is 0 Å². The molecule has 1 N–H and O–H groups in total. The summed E-state index contributed by atoms with van der Waals surface area (Å²) in [6.45, 7) is 4.44. The van der Waals surface area contributed by atoms with Crippen LogP contribution in [0.25, 0.3) is 5.76 Å². The highest BCUT2D eigenvalue weighted by molar-refractivity contribution is 6.51. The first-order valence-corrected chi connectivity index (χ1v) is 11.7. The van der Waals surface area contributed by atoms with Crippen LogP contribution in [0.4, 0.5) is 5.69 Å². The summed E-state index contributed by atoms with van der Waals surface area (Å²) in [6, 6.07) is 19.6. The molecular formula is C29H27NO6. The second-order valence-corrected chi connectivity index (χ2v) is 8.45. The van der Waals surface area contributed by atoms with Gasteiger partial charge in [-0.05, 0) is 66.9 Å². The first-order valence-electron chi connectivity index (χ1n) is 11.7. The molecule has 0 bridgehead atoms. The Morgan fingerprint density at radius 3 is 2.25 bits per heavy atom. The normalized spacial score (nSPS) is 16.8. The quantitative estimate of drug-likeness (QED) is 0.214. The van der Waals surface area contributed by atoms with E-state index < -0.39 is 23.7 Å². The van der Waals surface area contributed by atoms with E-state index >= 15 is 0 Å². The Morgan fingerprint density at radius 2 is 1.64 bits per heavy atom. The molecular weight excluding hydrogens is 458 g/mol. The predicted molar refractivity (Wildman–Crippen MR) is 136 cm³/mol. The fraction of sp³-hybridized carbons (Fsp3) is 0.207. The molecule has 0 saturated carbocycles. The summed E-state index contributed by atoms with van der Waals surface area (Å²) in [4.78, 5) is 39.8. The van der Waals surface area contributed by atoms with E-state index in [0.717, 1.165) is 12.0 Å². The number of benzene rings is 3. The van der Waals surface area contributed by atoms with Gasteiger partial charge < -0.3 is 14.6 Å². The van der Waals surface area contributed by atoms with E-state index in [1.54, 1.807) is 54.6 Å². The number of ether oxygens (including phenoxy) is 2. The van der Waals surface area contributed by atoms with Crippen molar-refractivity contribution in [1.29, 1.82) is 0 Å². The highest BCUT2D eigenvalue weighted by atomic mass is 16.5. The number of hydrogen-bond acceptors (Lipinski definition) is 6. The van der Waals surface area contributed by atoms with Gasteiger partial charge in [0.1, 0.15) is 11.5 Å². The van der Waals surface area contributed by atoms with Gasteiger partial charge in [-0.15, -0.1) is 0 Å². The van der Waals surface area contributed by atoms with Gasteiger partial charge in [0.2, 0.25) is 0 Å². The van der Waals surface area contributed by atoms with Crippen LogP contribution in [0.2, 0.25) is 0 Å². The molecule has 0 aromatic heterocycles. The van der Waals surface area contributed by atoms with Crippen molar-refractivity contribution in [2.45, 2.75) is 26.3 Å². The average Bonchev–Trinajstić information content (AvgIpc) is 3.17. The van der Waals surface area contributed by atoms with Crippen LogP contribution >= 0.6 is 0 Å². The molecule has 1 aliphatic heterocycles. The number of aliphatic hydroxyl groups excluding tert-OH is 1.